The van der Waals surface area contributed by atoms with E-state index in [1.807, 2.05) is 0 Å². The van der Waals surface area contributed by atoms with E-state index in [0.29, 0.717) is 19.4 Å². The van der Waals surface area contributed by atoms with E-state index in [1.165, 1.54) is 109 Å². The van der Waals surface area contributed by atoms with Crippen molar-refractivity contribution in [3.8, 4) is 0 Å². The fraction of sp³-hybridized carbons (Fsp3) is 0.683. The van der Waals surface area contributed by atoms with Gasteiger partial charge in [0.15, 0.2) is 6.10 Å². The molecule has 0 aromatic rings. The molecule has 0 heterocycles. The van der Waals surface area contributed by atoms with Gasteiger partial charge in [0.25, 0.3) is 0 Å². The first-order chi connectivity index (χ1) is 33.6. The van der Waals surface area contributed by atoms with Crippen LogP contribution in [0.3, 0.4) is 0 Å². The molecule has 0 aromatic heterocycles. The van der Waals surface area contributed by atoms with Crippen LogP contribution in [-0.4, -0.2) is 37.9 Å². The lowest BCUT2D eigenvalue weighted by Gasteiger charge is -2.18. The topological polar surface area (TPSA) is 61.8 Å². The summed E-state index contributed by atoms with van der Waals surface area (Å²) in [5.74, 6) is -0.463. The Morgan fingerprint density at radius 3 is 1.06 bits per heavy atom. The van der Waals surface area contributed by atoms with Crippen molar-refractivity contribution in [2.45, 2.75) is 258 Å². The van der Waals surface area contributed by atoms with Crippen LogP contribution in [0.15, 0.2) is 109 Å². The summed E-state index contributed by atoms with van der Waals surface area (Å²) in [6, 6.07) is 0. The Morgan fingerprint density at radius 2 is 0.662 bits per heavy atom. The highest BCUT2D eigenvalue weighted by molar-refractivity contribution is 5.70. The molecular weight excluding hydrogens is 837 g/mol. The van der Waals surface area contributed by atoms with Crippen LogP contribution in [0.2, 0.25) is 0 Å². The second kappa shape index (κ2) is 57.9. The molecule has 0 saturated heterocycles. The summed E-state index contributed by atoms with van der Waals surface area (Å²) in [7, 11) is 0. The van der Waals surface area contributed by atoms with Gasteiger partial charge in [0, 0.05) is 12.8 Å². The summed E-state index contributed by atoms with van der Waals surface area (Å²) in [5, 5.41) is 0. The summed E-state index contributed by atoms with van der Waals surface area (Å²) in [5.41, 5.74) is 0. The van der Waals surface area contributed by atoms with Crippen molar-refractivity contribution in [2.75, 3.05) is 19.8 Å². The molecule has 1 unspecified atom stereocenters. The highest BCUT2D eigenvalue weighted by atomic mass is 16.6. The fourth-order valence-electron chi connectivity index (χ4n) is 7.68. The van der Waals surface area contributed by atoms with Gasteiger partial charge in [0.1, 0.15) is 6.61 Å². The minimum atomic E-state index is -0.594. The molecule has 0 rings (SSSR count). The van der Waals surface area contributed by atoms with Crippen LogP contribution < -0.4 is 0 Å². The van der Waals surface area contributed by atoms with Crippen molar-refractivity contribution >= 4 is 11.9 Å². The van der Waals surface area contributed by atoms with E-state index in [1.54, 1.807) is 0 Å². The van der Waals surface area contributed by atoms with Crippen LogP contribution in [0, 0.1) is 0 Å². The van der Waals surface area contributed by atoms with E-state index in [0.717, 1.165) is 109 Å². The third kappa shape index (κ3) is 55.2. The normalized spacial score (nSPS) is 13.0. The Morgan fingerprint density at radius 1 is 0.338 bits per heavy atom. The number of rotatable bonds is 51. The van der Waals surface area contributed by atoms with Crippen LogP contribution in [0.5, 0.6) is 0 Å². The molecule has 5 heteroatoms. The van der Waals surface area contributed by atoms with E-state index >= 15 is 0 Å². The number of hydrogen-bond acceptors (Lipinski definition) is 5. The lowest BCUT2D eigenvalue weighted by molar-refractivity contribution is -0.162. The first kappa shape index (κ1) is 64.6. The largest absolute Gasteiger partial charge is 0.462 e. The fourth-order valence-corrected chi connectivity index (χ4v) is 7.68. The highest BCUT2D eigenvalue weighted by Crippen LogP contribution is 2.16. The monoisotopic (exact) mass is 943 g/mol. The average molecular weight is 944 g/mol. The summed E-state index contributed by atoms with van der Waals surface area (Å²) < 4.78 is 17.3. The van der Waals surface area contributed by atoms with Crippen LogP contribution in [-0.2, 0) is 23.8 Å². The smallest absolute Gasteiger partial charge is 0.306 e. The predicted octanol–water partition coefficient (Wildman–Crippen LogP) is 19.6. The second-order valence-corrected chi connectivity index (χ2v) is 18.4. The third-order valence-corrected chi connectivity index (χ3v) is 11.8. The van der Waals surface area contributed by atoms with Gasteiger partial charge >= 0.3 is 11.9 Å². The molecular formula is C63H106O5. The van der Waals surface area contributed by atoms with Gasteiger partial charge in [-0.15, -0.1) is 0 Å². The molecule has 1 atom stereocenters. The third-order valence-electron chi connectivity index (χ3n) is 11.8. The molecule has 0 aromatic carbocycles. The number of esters is 2. The Labute approximate surface area is 421 Å². The molecule has 388 valence electrons. The zero-order chi connectivity index (χ0) is 49.2. The van der Waals surface area contributed by atoms with E-state index in [-0.39, 0.29) is 25.2 Å². The van der Waals surface area contributed by atoms with Crippen LogP contribution in [0.1, 0.15) is 252 Å². The lowest BCUT2D eigenvalue weighted by Crippen LogP contribution is -2.30. The van der Waals surface area contributed by atoms with E-state index < -0.39 is 6.10 Å². The van der Waals surface area contributed by atoms with Crippen LogP contribution in [0.25, 0.3) is 0 Å². The second-order valence-electron chi connectivity index (χ2n) is 18.4. The quantitative estimate of drug-likeness (QED) is 0.0345. The van der Waals surface area contributed by atoms with Crippen molar-refractivity contribution in [3.63, 3.8) is 0 Å². The SMILES string of the molecule is CC/C=C\C/C=C\C/C=C\C/C=C\C/C=C\CCOCC(COC(=O)CCCCCCCCCCCCCCCCCCCCC)OC(=O)CCCCCC/C=C\C/C=C\C/C=C\C/C=C\CC. The average Bonchev–Trinajstić information content (AvgIpc) is 3.34. The Balaban J connectivity index is 4.40. The van der Waals surface area contributed by atoms with Gasteiger partial charge in [-0.3, -0.25) is 9.59 Å². The van der Waals surface area contributed by atoms with Gasteiger partial charge in [-0.05, 0) is 89.9 Å². The molecule has 0 spiro atoms. The van der Waals surface area contributed by atoms with Gasteiger partial charge in [-0.25, -0.2) is 0 Å². The van der Waals surface area contributed by atoms with Gasteiger partial charge < -0.3 is 14.2 Å². The molecule has 5 nitrogen and oxygen atoms in total. The molecule has 0 N–H and O–H groups in total. The van der Waals surface area contributed by atoms with Crippen molar-refractivity contribution in [2.24, 2.45) is 0 Å². The number of carbonyl (C=O) groups is 2. The van der Waals surface area contributed by atoms with Gasteiger partial charge in [0.2, 0.25) is 0 Å². The Bertz CT molecular complexity index is 1340. The van der Waals surface area contributed by atoms with Crippen LogP contribution >= 0.6 is 0 Å². The number of unbranched alkanes of at least 4 members (excludes halogenated alkanes) is 22. The minimum Gasteiger partial charge on any atom is -0.462 e. The number of hydrogen-bond donors (Lipinski definition) is 0. The van der Waals surface area contributed by atoms with Crippen molar-refractivity contribution in [3.05, 3.63) is 109 Å². The molecule has 0 amide bonds. The summed E-state index contributed by atoms with van der Waals surface area (Å²) in [4.78, 5) is 25.5. The van der Waals surface area contributed by atoms with E-state index in [4.69, 9.17) is 14.2 Å². The number of ether oxygens (including phenoxy) is 3. The standard InChI is InChI=1S/C63H106O5/c1-4-7-10-13-16-19-22-25-28-31-32-34-35-38-41-44-47-50-53-56-62(64)67-60-61(59-66-58-55-52-49-46-43-40-37-30-27-24-21-18-15-12-9-6-3)68-63(65)57-54-51-48-45-42-39-36-33-29-26-23-20-17-14-11-8-5-2/h8-9,11-12,17-18,20-21,26-27,29-30,36,39-40,43,49,52,61H,4-7,10,13-16,19,22-25,28,31-35,37-38,41-42,44-48,50-51,53-60H2,1-3H3/b11-8-,12-9-,20-17-,21-18-,29-26-,30-27-,39-36-,43-40-,52-49-. The molecule has 0 fully saturated rings. The summed E-state index contributed by atoms with van der Waals surface area (Å²) in [6.07, 6.45) is 79.9. The van der Waals surface area contributed by atoms with Crippen molar-refractivity contribution in [1.29, 1.82) is 0 Å². The Kier molecular flexibility index (Phi) is 54.9. The summed E-state index contributed by atoms with van der Waals surface area (Å²) >= 11 is 0. The molecule has 0 aliphatic heterocycles. The molecule has 0 aliphatic rings. The molecule has 68 heavy (non-hydrogen) atoms. The van der Waals surface area contributed by atoms with Gasteiger partial charge in [-0.2, -0.15) is 0 Å². The molecule has 0 radical (unpaired) electrons. The highest BCUT2D eigenvalue weighted by Gasteiger charge is 2.17. The van der Waals surface area contributed by atoms with E-state index in [2.05, 4.69) is 130 Å². The van der Waals surface area contributed by atoms with Crippen molar-refractivity contribution in [1.82, 2.24) is 0 Å². The maximum absolute atomic E-state index is 12.8. The predicted molar refractivity (Wildman–Crippen MR) is 297 cm³/mol. The first-order valence-electron chi connectivity index (χ1n) is 28.4. The molecule has 0 bridgehead atoms. The van der Waals surface area contributed by atoms with Crippen LogP contribution in [0.4, 0.5) is 0 Å². The van der Waals surface area contributed by atoms with E-state index in [9.17, 15) is 9.59 Å². The van der Waals surface area contributed by atoms with Gasteiger partial charge in [0.05, 0.1) is 13.2 Å². The maximum atomic E-state index is 12.8. The number of allylic oxidation sites excluding steroid dienone is 17. The first-order valence-corrected chi connectivity index (χ1v) is 28.4. The van der Waals surface area contributed by atoms with Crippen molar-refractivity contribution < 1.29 is 23.8 Å². The number of carbonyl (C=O) groups excluding carboxylic acids is 2. The minimum absolute atomic E-state index is 0.0419. The maximum Gasteiger partial charge on any atom is 0.306 e. The molecule has 0 aliphatic carbocycles. The zero-order valence-electron chi connectivity index (χ0n) is 44.6. The zero-order valence-corrected chi connectivity index (χ0v) is 44.6. The summed E-state index contributed by atoms with van der Waals surface area (Å²) in [6.45, 7) is 7.38. The van der Waals surface area contributed by atoms with Gasteiger partial charge in [-0.1, -0.05) is 259 Å². The lowest BCUT2D eigenvalue weighted by atomic mass is 10.0. The molecule has 0 saturated carbocycles. The Hall–Kier alpha value is -3.44.